The molecule has 3 N–H and O–H groups in total. The molecule has 0 atom stereocenters. The highest BCUT2D eigenvalue weighted by atomic mass is 16.6. The van der Waals surface area contributed by atoms with Gasteiger partial charge < -0.3 is 20.4 Å². The summed E-state index contributed by atoms with van der Waals surface area (Å²) in [6.07, 6.45) is 0. The van der Waals surface area contributed by atoms with E-state index in [-0.39, 0.29) is 41.5 Å². The van der Waals surface area contributed by atoms with Crippen LogP contribution >= 0.6 is 0 Å². The van der Waals surface area contributed by atoms with Gasteiger partial charge in [-0.3, -0.25) is 24.5 Å². The second-order valence-electron chi connectivity index (χ2n) is 6.22. The first kappa shape index (κ1) is 18.1. The monoisotopic (exact) mass is 395 g/mol. The molecular formula is C18H13N5O6. The molecule has 11 nitrogen and oxygen atoms in total. The average Bonchev–Trinajstić information content (AvgIpc) is 2.71. The zero-order valence-electron chi connectivity index (χ0n) is 14.7. The zero-order valence-corrected chi connectivity index (χ0v) is 14.7. The van der Waals surface area contributed by atoms with Crippen molar-refractivity contribution in [2.75, 3.05) is 11.9 Å². The molecule has 2 aromatic carbocycles. The number of fused-ring (bicyclic) bond motifs is 2. The number of benzene rings is 2. The van der Waals surface area contributed by atoms with Crippen LogP contribution in [0.4, 0.5) is 11.4 Å². The van der Waals surface area contributed by atoms with Crippen LogP contribution in [0.15, 0.2) is 41.2 Å². The Hall–Kier alpha value is -4.28. The molecule has 3 aromatic rings. The molecule has 0 unspecified atom stereocenters. The largest absolute Gasteiger partial charge is 0.482 e. The number of ether oxygens (including phenoxy) is 1. The Kier molecular flexibility index (Phi) is 4.39. The number of nitrogens with zero attached hydrogens (tertiary/aromatic N) is 2. The van der Waals surface area contributed by atoms with Gasteiger partial charge >= 0.3 is 0 Å². The molecule has 146 valence electrons. The summed E-state index contributed by atoms with van der Waals surface area (Å²) in [5.41, 5.74) is 0.407. The number of rotatable bonds is 4. The summed E-state index contributed by atoms with van der Waals surface area (Å²) < 4.78 is 5.27. The summed E-state index contributed by atoms with van der Waals surface area (Å²) >= 11 is 0. The van der Waals surface area contributed by atoms with Gasteiger partial charge in [-0.05, 0) is 23.8 Å². The fourth-order valence-electron chi connectivity index (χ4n) is 2.86. The van der Waals surface area contributed by atoms with Crippen LogP contribution in [0.3, 0.4) is 0 Å². The third kappa shape index (κ3) is 3.60. The number of nitro groups is 1. The fraction of sp³-hybridized carbons (Fsp3) is 0.111. The lowest BCUT2D eigenvalue weighted by molar-refractivity contribution is -0.384. The van der Waals surface area contributed by atoms with Gasteiger partial charge in [0.25, 0.3) is 23.1 Å². The summed E-state index contributed by atoms with van der Waals surface area (Å²) in [4.78, 5) is 52.6. The maximum atomic E-state index is 12.4. The molecule has 1 aliphatic rings. The smallest absolute Gasteiger partial charge is 0.287 e. The summed E-state index contributed by atoms with van der Waals surface area (Å²) in [6, 6.07) is 8.66. The molecule has 0 saturated heterocycles. The lowest BCUT2D eigenvalue weighted by Crippen LogP contribution is -2.28. The highest BCUT2D eigenvalue weighted by Crippen LogP contribution is 2.28. The number of aromatic amines is 1. The highest BCUT2D eigenvalue weighted by Gasteiger charge is 2.17. The van der Waals surface area contributed by atoms with Gasteiger partial charge in [-0.1, -0.05) is 6.07 Å². The minimum atomic E-state index is -0.659. The number of carbonyl (C=O) groups excluding carboxylic acids is 2. The molecule has 0 radical (unpaired) electrons. The Morgan fingerprint density at radius 3 is 2.86 bits per heavy atom. The van der Waals surface area contributed by atoms with E-state index in [0.29, 0.717) is 17.0 Å². The molecule has 1 aromatic heterocycles. The van der Waals surface area contributed by atoms with Crippen LogP contribution in [0.2, 0.25) is 0 Å². The Morgan fingerprint density at radius 2 is 2.07 bits per heavy atom. The molecule has 0 bridgehead atoms. The SMILES string of the molecule is O=C1COc2ccc(CNC(=O)c3nc4cc([N+](=O)[O-])ccc4c(=O)[nH]3)cc2N1. The standard InChI is InChI=1S/C18H13N5O6/c24-15-8-29-14-4-1-9(5-13(14)20-15)7-19-18(26)16-21-12-6-10(23(27)28)2-3-11(12)17(25)22-16/h1-6H,7-8H2,(H,19,26)(H,20,24)(H,21,22,25). The number of nitro benzene ring substituents is 1. The van der Waals surface area contributed by atoms with Crippen LogP contribution in [-0.4, -0.2) is 33.3 Å². The predicted molar refractivity (Wildman–Crippen MR) is 101 cm³/mol. The molecule has 29 heavy (non-hydrogen) atoms. The van der Waals surface area contributed by atoms with E-state index in [0.717, 1.165) is 6.07 Å². The Bertz CT molecular complexity index is 1240. The lowest BCUT2D eigenvalue weighted by atomic mass is 10.1. The van der Waals surface area contributed by atoms with Gasteiger partial charge in [0.2, 0.25) is 0 Å². The van der Waals surface area contributed by atoms with E-state index in [4.69, 9.17) is 4.74 Å². The second-order valence-corrected chi connectivity index (χ2v) is 6.22. The van der Waals surface area contributed by atoms with Crippen LogP contribution < -0.4 is 20.9 Å². The van der Waals surface area contributed by atoms with Crippen LogP contribution in [-0.2, 0) is 11.3 Å². The molecule has 11 heteroatoms. The van der Waals surface area contributed by atoms with E-state index in [2.05, 4.69) is 20.6 Å². The second kappa shape index (κ2) is 7.03. The Morgan fingerprint density at radius 1 is 1.24 bits per heavy atom. The van der Waals surface area contributed by atoms with Crippen molar-refractivity contribution in [1.82, 2.24) is 15.3 Å². The van der Waals surface area contributed by atoms with Crippen molar-refractivity contribution in [3.05, 3.63) is 68.3 Å². The van der Waals surface area contributed by atoms with E-state index in [1.54, 1.807) is 18.2 Å². The zero-order chi connectivity index (χ0) is 20.5. The van der Waals surface area contributed by atoms with Crippen molar-refractivity contribution in [1.29, 1.82) is 0 Å². The lowest BCUT2D eigenvalue weighted by Gasteiger charge is -2.18. The maximum absolute atomic E-state index is 12.4. The molecule has 4 rings (SSSR count). The summed E-state index contributed by atoms with van der Waals surface area (Å²) in [7, 11) is 0. The van der Waals surface area contributed by atoms with Gasteiger partial charge in [-0.15, -0.1) is 0 Å². The molecule has 0 spiro atoms. The van der Waals surface area contributed by atoms with E-state index in [9.17, 15) is 24.5 Å². The minimum absolute atomic E-state index is 0.0433. The number of hydrogen-bond donors (Lipinski definition) is 3. The molecule has 0 saturated carbocycles. The van der Waals surface area contributed by atoms with Gasteiger partial charge in [-0.25, -0.2) is 4.98 Å². The summed E-state index contributed by atoms with van der Waals surface area (Å²) in [5, 5.41) is 16.3. The van der Waals surface area contributed by atoms with Crippen molar-refractivity contribution in [2.45, 2.75) is 6.54 Å². The van der Waals surface area contributed by atoms with Crippen LogP contribution in [0.1, 0.15) is 16.2 Å². The summed E-state index contributed by atoms with van der Waals surface area (Å²) in [6.45, 7) is 0.0426. The normalized spacial score (nSPS) is 12.6. The molecule has 1 aliphatic heterocycles. The number of carbonyl (C=O) groups is 2. The van der Waals surface area contributed by atoms with Gasteiger partial charge in [0.05, 0.1) is 21.5 Å². The highest BCUT2D eigenvalue weighted by molar-refractivity contribution is 5.95. The van der Waals surface area contributed by atoms with Gasteiger partial charge in [0.1, 0.15) is 5.75 Å². The average molecular weight is 395 g/mol. The Labute approximate surface area is 161 Å². The van der Waals surface area contributed by atoms with E-state index in [1.165, 1.54) is 12.1 Å². The third-order valence-electron chi connectivity index (χ3n) is 4.25. The number of aromatic nitrogens is 2. The number of anilines is 1. The van der Waals surface area contributed by atoms with Crippen LogP contribution in [0.25, 0.3) is 10.9 Å². The van der Waals surface area contributed by atoms with Crippen molar-refractivity contribution in [3.63, 3.8) is 0 Å². The number of non-ortho nitro benzene ring substituents is 1. The maximum Gasteiger partial charge on any atom is 0.287 e. The molecule has 0 aliphatic carbocycles. The predicted octanol–water partition coefficient (Wildman–Crippen LogP) is 1.09. The van der Waals surface area contributed by atoms with E-state index >= 15 is 0 Å². The number of hydrogen-bond acceptors (Lipinski definition) is 7. The van der Waals surface area contributed by atoms with Gasteiger partial charge in [0, 0.05) is 18.7 Å². The van der Waals surface area contributed by atoms with Gasteiger partial charge in [0.15, 0.2) is 12.4 Å². The topological polar surface area (TPSA) is 156 Å². The Balaban J connectivity index is 1.55. The van der Waals surface area contributed by atoms with Crippen molar-refractivity contribution >= 4 is 34.1 Å². The molecule has 2 amide bonds. The fourth-order valence-corrected chi connectivity index (χ4v) is 2.86. The summed E-state index contributed by atoms with van der Waals surface area (Å²) in [5.74, 6) is -0.668. The molecule has 2 heterocycles. The third-order valence-corrected chi connectivity index (χ3v) is 4.25. The number of amides is 2. The van der Waals surface area contributed by atoms with Gasteiger partial charge in [-0.2, -0.15) is 0 Å². The first-order chi connectivity index (χ1) is 13.9. The number of nitrogens with one attached hydrogen (secondary N) is 3. The number of H-pyrrole nitrogens is 1. The van der Waals surface area contributed by atoms with E-state index in [1.807, 2.05) is 0 Å². The van der Waals surface area contributed by atoms with Crippen molar-refractivity contribution in [3.8, 4) is 5.75 Å². The van der Waals surface area contributed by atoms with E-state index < -0.39 is 16.4 Å². The first-order valence-electron chi connectivity index (χ1n) is 8.43. The van der Waals surface area contributed by atoms with Crippen LogP contribution in [0.5, 0.6) is 5.75 Å². The van der Waals surface area contributed by atoms with Crippen molar-refractivity contribution in [2.24, 2.45) is 0 Å². The van der Waals surface area contributed by atoms with Crippen molar-refractivity contribution < 1.29 is 19.2 Å². The molecular weight excluding hydrogens is 382 g/mol. The van der Waals surface area contributed by atoms with Crippen LogP contribution in [0, 0.1) is 10.1 Å². The quantitative estimate of drug-likeness (QED) is 0.441. The first-order valence-corrected chi connectivity index (χ1v) is 8.43. The molecule has 0 fully saturated rings. The minimum Gasteiger partial charge on any atom is -0.482 e.